The van der Waals surface area contributed by atoms with E-state index >= 15 is 0 Å². The lowest BCUT2D eigenvalue weighted by molar-refractivity contribution is -0.0632. The predicted molar refractivity (Wildman–Crippen MR) is 83.8 cm³/mol. The molecular formula is C17H20N2O3. The van der Waals surface area contributed by atoms with Crippen molar-refractivity contribution in [3.63, 3.8) is 0 Å². The maximum absolute atomic E-state index is 12.6. The molecule has 1 aliphatic rings. The molecule has 0 spiro atoms. The number of hydrogen-bond donors (Lipinski definition) is 1. The first-order valence-corrected chi connectivity index (χ1v) is 7.62. The van der Waals surface area contributed by atoms with E-state index in [4.69, 9.17) is 9.47 Å². The monoisotopic (exact) mass is 300 g/mol. The van der Waals surface area contributed by atoms with Crippen molar-refractivity contribution in [3.05, 3.63) is 42.2 Å². The first-order valence-electron chi connectivity index (χ1n) is 7.62. The molecule has 1 aliphatic heterocycles. The van der Waals surface area contributed by atoms with E-state index in [9.17, 15) is 4.79 Å². The minimum Gasteiger partial charge on any atom is -0.379 e. The van der Waals surface area contributed by atoms with Crippen LogP contribution in [0.3, 0.4) is 0 Å². The fraction of sp³-hybridized carbons (Fsp3) is 0.412. The number of aromatic nitrogens is 1. The predicted octanol–water partition coefficient (Wildman–Crippen LogP) is 2.16. The van der Waals surface area contributed by atoms with E-state index in [-0.39, 0.29) is 18.1 Å². The Kier molecular flexibility index (Phi) is 4.65. The first kappa shape index (κ1) is 14.9. The van der Waals surface area contributed by atoms with Gasteiger partial charge in [-0.2, -0.15) is 0 Å². The largest absolute Gasteiger partial charge is 0.379 e. The van der Waals surface area contributed by atoms with Crippen molar-refractivity contribution in [2.24, 2.45) is 0 Å². The summed E-state index contributed by atoms with van der Waals surface area (Å²) in [6.45, 7) is 3.73. The van der Waals surface area contributed by atoms with Crippen LogP contribution in [-0.4, -0.2) is 42.9 Å². The fourth-order valence-corrected chi connectivity index (χ4v) is 2.82. The lowest BCUT2D eigenvalue weighted by Gasteiger charge is -2.31. The molecule has 2 aromatic rings. The number of rotatable bonds is 4. The van der Waals surface area contributed by atoms with E-state index in [0.717, 1.165) is 17.2 Å². The average molecular weight is 300 g/mol. The zero-order valence-corrected chi connectivity index (χ0v) is 12.6. The highest BCUT2D eigenvalue weighted by Crippen LogP contribution is 2.19. The number of pyridine rings is 1. The Hall–Kier alpha value is -1.98. The van der Waals surface area contributed by atoms with Gasteiger partial charge >= 0.3 is 0 Å². The Balaban J connectivity index is 1.80. The van der Waals surface area contributed by atoms with Crippen LogP contribution in [0, 0.1) is 0 Å². The number of hydrogen-bond acceptors (Lipinski definition) is 4. The summed E-state index contributed by atoms with van der Waals surface area (Å²) in [6, 6.07) is 7.53. The summed E-state index contributed by atoms with van der Waals surface area (Å²) in [6.07, 6.45) is 4.15. The first-order chi connectivity index (χ1) is 10.8. The second-order valence-electron chi connectivity index (χ2n) is 5.34. The van der Waals surface area contributed by atoms with Crippen LogP contribution in [0.15, 0.2) is 36.7 Å². The molecule has 0 saturated carbocycles. The van der Waals surface area contributed by atoms with Crippen molar-refractivity contribution in [2.75, 3.05) is 19.8 Å². The summed E-state index contributed by atoms with van der Waals surface area (Å²) >= 11 is 0. The van der Waals surface area contributed by atoms with Crippen LogP contribution in [0.5, 0.6) is 0 Å². The van der Waals surface area contributed by atoms with Crippen LogP contribution in [0.4, 0.5) is 0 Å². The van der Waals surface area contributed by atoms with E-state index in [2.05, 4.69) is 10.3 Å². The number of carbonyl (C=O) groups is 1. The molecule has 1 amide bonds. The minimum atomic E-state index is -0.0839. The van der Waals surface area contributed by atoms with Crippen LogP contribution in [0.2, 0.25) is 0 Å². The van der Waals surface area contributed by atoms with Crippen LogP contribution in [0.25, 0.3) is 10.8 Å². The normalized spacial score (nSPS) is 21.7. The lowest BCUT2D eigenvalue weighted by atomic mass is 10.0. The molecule has 1 N–H and O–H groups in total. The third-order valence-corrected chi connectivity index (χ3v) is 3.93. The van der Waals surface area contributed by atoms with E-state index in [1.807, 2.05) is 31.2 Å². The maximum Gasteiger partial charge on any atom is 0.252 e. The maximum atomic E-state index is 12.6. The number of nitrogens with one attached hydrogen (secondary N) is 1. The SMILES string of the molecule is CCO[C@H]1COCC[C@@H]1NC(=O)c1cccc2cnccc12. The Morgan fingerprint density at radius 3 is 3.23 bits per heavy atom. The average Bonchev–Trinajstić information content (AvgIpc) is 2.56. The number of ether oxygens (including phenoxy) is 2. The standard InChI is InChI=1S/C17H20N2O3/c1-2-22-16-11-21-9-7-15(16)19-17(20)14-5-3-4-12-10-18-8-6-13(12)14/h3-6,8,10,15-16H,2,7,9,11H2,1H3,(H,19,20)/t15-,16-/m0/s1. The van der Waals surface area contributed by atoms with Gasteiger partial charge in [0.05, 0.1) is 12.6 Å². The van der Waals surface area contributed by atoms with Gasteiger partial charge in [0.25, 0.3) is 5.91 Å². The molecule has 1 fully saturated rings. The summed E-state index contributed by atoms with van der Waals surface area (Å²) in [7, 11) is 0. The van der Waals surface area contributed by atoms with Crippen LogP contribution < -0.4 is 5.32 Å². The summed E-state index contributed by atoms with van der Waals surface area (Å²) < 4.78 is 11.1. The van der Waals surface area contributed by atoms with Crippen molar-refractivity contribution in [1.82, 2.24) is 10.3 Å². The topological polar surface area (TPSA) is 60.5 Å². The van der Waals surface area contributed by atoms with Gasteiger partial charge in [0.1, 0.15) is 6.10 Å². The summed E-state index contributed by atoms with van der Waals surface area (Å²) in [5, 5.41) is 4.97. The quantitative estimate of drug-likeness (QED) is 0.940. The molecule has 0 bridgehead atoms. The summed E-state index contributed by atoms with van der Waals surface area (Å²) in [4.78, 5) is 16.7. The molecule has 1 aromatic heterocycles. The van der Waals surface area contributed by atoms with Crippen molar-refractivity contribution in [1.29, 1.82) is 0 Å². The third kappa shape index (κ3) is 3.10. The fourth-order valence-electron chi connectivity index (χ4n) is 2.82. The molecule has 116 valence electrons. The van der Waals surface area contributed by atoms with E-state index in [1.54, 1.807) is 12.4 Å². The Morgan fingerprint density at radius 1 is 1.45 bits per heavy atom. The molecule has 1 saturated heterocycles. The van der Waals surface area contributed by atoms with E-state index in [0.29, 0.717) is 25.4 Å². The molecule has 1 aromatic carbocycles. The molecule has 0 unspecified atom stereocenters. The van der Waals surface area contributed by atoms with Gasteiger partial charge in [-0.05, 0) is 30.9 Å². The molecule has 0 radical (unpaired) electrons. The Bertz CT molecular complexity index is 652. The zero-order valence-electron chi connectivity index (χ0n) is 12.6. The lowest BCUT2D eigenvalue weighted by Crippen LogP contribution is -2.50. The van der Waals surface area contributed by atoms with Crippen molar-refractivity contribution >= 4 is 16.7 Å². The molecule has 2 atom stereocenters. The van der Waals surface area contributed by atoms with Crippen LogP contribution >= 0.6 is 0 Å². The van der Waals surface area contributed by atoms with E-state index < -0.39 is 0 Å². The van der Waals surface area contributed by atoms with Crippen LogP contribution in [0.1, 0.15) is 23.7 Å². The molecule has 22 heavy (non-hydrogen) atoms. The van der Waals surface area contributed by atoms with Crippen LogP contribution in [-0.2, 0) is 9.47 Å². The smallest absolute Gasteiger partial charge is 0.252 e. The Labute approximate surface area is 129 Å². The van der Waals surface area contributed by atoms with Gasteiger partial charge in [-0.25, -0.2) is 0 Å². The van der Waals surface area contributed by atoms with Gasteiger partial charge in [0.15, 0.2) is 0 Å². The minimum absolute atomic E-state index is 0.0155. The zero-order chi connectivity index (χ0) is 15.4. The highest BCUT2D eigenvalue weighted by Gasteiger charge is 2.28. The van der Waals surface area contributed by atoms with Crippen molar-refractivity contribution in [3.8, 4) is 0 Å². The third-order valence-electron chi connectivity index (χ3n) is 3.93. The van der Waals surface area contributed by atoms with Gasteiger partial charge in [0.2, 0.25) is 0 Å². The highest BCUT2D eigenvalue weighted by molar-refractivity contribution is 6.06. The highest BCUT2D eigenvalue weighted by atomic mass is 16.5. The van der Waals surface area contributed by atoms with Gasteiger partial charge in [0, 0.05) is 36.6 Å². The summed E-state index contributed by atoms with van der Waals surface area (Å²) in [5.41, 5.74) is 0.668. The molecule has 5 heteroatoms. The molecular weight excluding hydrogens is 280 g/mol. The second-order valence-corrected chi connectivity index (χ2v) is 5.34. The van der Waals surface area contributed by atoms with Gasteiger partial charge in [-0.15, -0.1) is 0 Å². The number of nitrogens with zero attached hydrogens (tertiary/aromatic N) is 1. The van der Waals surface area contributed by atoms with Gasteiger partial charge in [-0.1, -0.05) is 12.1 Å². The van der Waals surface area contributed by atoms with Crippen molar-refractivity contribution < 1.29 is 14.3 Å². The number of amides is 1. The Morgan fingerprint density at radius 2 is 2.36 bits per heavy atom. The molecule has 0 aliphatic carbocycles. The molecule has 5 nitrogen and oxygen atoms in total. The number of fused-ring (bicyclic) bond motifs is 1. The van der Waals surface area contributed by atoms with E-state index in [1.165, 1.54) is 0 Å². The van der Waals surface area contributed by atoms with Crippen molar-refractivity contribution in [2.45, 2.75) is 25.5 Å². The van der Waals surface area contributed by atoms with Gasteiger partial charge < -0.3 is 14.8 Å². The number of carbonyl (C=O) groups excluding carboxylic acids is 1. The molecule has 3 rings (SSSR count). The molecule has 2 heterocycles. The number of benzene rings is 1. The van der Waals surface area contributed by atoms with Gasteiger partial charge in [-0.3, -0.25) is 9.78 Å². The summed E-state index contributed by atoms with van der Waals surface area (Å²) in [5.74, 6) is -0.0756. The second kappa shape index (κ2) is 6.85.